The van der Waals surface area contributed by atoms with Crippen LogP contribution in [0.25, 0.3) is 10.9 Å². The Bertz CT molecular complexity index is 1050. The number of nitrogens with one attached hydrogen (secondary N) is 3. The number of aromatic nitrogens is 1. The van der Waals surface area contributed by atoms with Crippen LogP contribution < -0.4 is 10.6 Å². The summed E-state index contributed by atoms with van der Waals surface area (Å²) in [5, 5.41) is 16.7. The Morgan fingerprint density at radius 2 is 1.84 bits per heavy atom. The zero-order chi connectivity index (χ0) is 22.9. The van der Waals surface area contributed by atoms with E-state index in [1.165, 1.54) is 19.3 Å². The molecule has 3 aromatic rings. The molecule has 0 aliphatic heterocycles. The topological polar surface area (TPSA) is 94.2 Å². The quantitative estimate of drug-likeness (QED) is 0.246. The molecule has 0 fully saturated rings. The number of benzene rings is 2. The Hall–Kier alpha value is -2.99. The molecule has 32 heavy (non-hydrogen) atoms. The minimum atomic E-state index is -0.936. The van der Waals surface area contributed by atoms with Crippen molar-refractivity contribution in [2.24, 2.45) is 0 Å². The molecular formula is C25H30ClN3O3. The molecule has 1 aromatic heterocycles. The van der Waals surface area contributed by atoms with Gasteiger partial charge in [-0.25, -0.2) is 0 Å². The Labute approximate surface area is 193 Å². The molecule has 170 valence electrons. The van der Waals surface area contributed by atoms with Gasteiger partial charge in [-0.15, -0.1) is 0 Å². The van der Waals surface area contributed by atoms with E-state index < -0.39 is 5.97 Å². The van der Waals surface area contributed by atoms with Crippen LogP contribution in [0.5, 0.6) is 0 Å². The third-order valence-electron chi connectivity index (χ3n) is 5.44. The van der Waals surface area contributed by atoms with Crippen molar-refractivity contribution in [2.45, 2.75) is 51.5 Å². The number of rotatable bonds is 12. The van der Waals surface area contributed by atoms with E-state index in [1.54, 1.807) is 12.1 Å². The van der Waals surface area contributed by atoms with E-state index in [2.05, 4.69) is 28.6 Å². The molecule has 0 aliphatic rings. The van der Waals surface area contributed by atoms with Gasteiger partial charge in [0.25, 0.3) is 5.91 Å². The van der Waals surface area contributed by atoms with Gasteiger partial charge in [-0.1, -0.05) is 44.2 Å². The summed E-state index contributed by atoms with van der Waals surface area (Å²) < 4.78 is 0. The van der Waals surface area contributed by atoms with Gasteiger partial charge in [0, 0.05) is 39.4 Å². The first-order chi connectivity index (χ1) is 15.5. The molecular weight excluding hydrogens is 426 g/mol. The van der Waals surface area contributed by atoms with Crippen LogP contribution >= 0.6 is 11.6 Å². The van der Waals surface area contributed by atoms with Gasteiger partial charge >= 0.3 is 5.97 Å². The number of aromatic amines is 1. The van der Waals surface area contributed by atoms with Crippen molar-refractivity contribution >= 4 is 40.1 Å². The lowest BCUT2D eigenvalue weighted by atomic mass is 10.0. The highest BCUT2D eigenvalue weighted by Gasteiger charge is 2.15. The standard InChI is InChI=1S/C25H30ClN3O3/c1-2-3-4-5-6-22(23-16-18-15-19(26)9-12-21(18)29-23)28-20-10-7-17(8-11-20)25(32)27-14-13-24(30)31/h7-12,15-16,22,28-29H,2-6,13-14H2,1H3,(H,27,32)(H,30,31). The van der Waals surface area contributed by atoms with E-state index in [-0.39, 0.29) is 24.9 Å². The van der Waals surface area contributed by atoms with Crippen LogP contribution in [0.3, 0.4) is 0 Å². The van der Waals surface area contributed by atoms with Crippen molar-refractivity contribution in [1.82, 2.24) is 10.3 Å². The lowest BCUT2D eigenvalue weighted by Crippen LogP contribution is -2.25. The number of carboxylic acid groups (broad SMARTS) is 1. The monoisotopic (exact) mass is 455 g/mol. The highest BCUT2D eigenvalue weighted by atomic mass is 35.5. The second-order valence-corrected chi connectivity index (χ2v) is 8.42. The summed E-state index contributed by atoms with van der Waals surface area (Å²) >= 11 is 6.15. The predicted octanol–water partition coefficient (Wildman–Crippen LogP) is 6.15. The number of carbonyl (C=O) groups excluding carboxylic acids is 1. The normalized spacial score (nSPS) is 11.9. The fourth-order valence-corrected chi connectivity index (χ4v) is 3.88. The van der Waals surface area contributed by atoms with Gasteiger partial charge in [0.1, 0.15) is 0 Å². The zero-order valence-electron chi connectivity index (χ0n) is 18.3. The summed E-state index contributed by atoms with van der Waals surface area (Å²) in [6, 6.07) is 15.3. The van der Waals surface area contributed by atoms with E-state index in [0.717, 1.165) is 35.1 Å². The number of hydrogen-bond acceptors (Lipinski definition) is 3. The first-order valence-corrected chi connectivity index (χ1v) is 11.5. The fraction of sp³-hybridized carbons (Fsp3) is 0.360. The van der Waals surface area contributed by atoms with Gasteiger partial charge in [-0.05, 0) is 55.0 Å². The molecule has 2 aromatic carbocycles. The molecule has 4 N–H and O–H groups in total. The van der Waals surface area contributed by atoms with Crippen molar-refractivity contribution in [1.29, 1.82) is 0 Å². The molecule has 0 bridgehead atoms. The predicted molar refractivity (Wildman–Crippen MR) is 129 cm³/mol. The van der Waals surface area contributed by atoms with E-state index in [0.29, 0.717) is 10.6 Å². The molecule has 0 radical (unpaired) electrons. The highest BCUT2D eigenvalue weighted by Crippen LogP contribution is 2.29. The van der Waals surface area contributed by atoms with Crippen LogP contribution in [-0.2, 0) is 4.79 Å². The third-order valence-corrected chi connectivity index (χ3v) is 5.67. The summed E-state index contributed by atoms with van der Waals surface area (Å²) in [5.74, 6) is -1.21. The molecule has 6 nitrogen and oxygen atoms in total. The lowest BCUT2D eigenvalue weighted by molar-refractivity contribution is -0.136. The minimum absolute atomic E-state index is 0.0964. The summed E-state index contributed by atoms with van der Waals surface area (Å²) in [7, 11) is 0. The van der Waals surface area contributed by atoms with Crippen LogP contribution in [-0.4, -0.2) is 28.5 Å². The number of carboxylic acids is 1. The van der Waals surface area contributed by atoms with Crippen LogP contribution in [0.15, 0.2) is 48.5 Å². The maximum absolute atomic E-state index is 12.2. The number of fused-ring (bicyclic) bond motifs is 1. The maximum Gasteiger partial charge on any atom is 0.305 e. The molecule has 3 rings (SSSR count). The van der Waals surface area contributed by atoms with Gasteiger partial charge in [0.05, 0.1) is 12.5 Å². The van der Waals surface area contributed by atoms with Gasteiger partial charge in [-0.3, -0.25) is 9.59 Å². The summed E-state index contributed by atoms with van der Waals surface area (Å²) in [5.41, 5.74) is 3.58. The summed E-state index contributed by atoms with van der Waals surface area (Å²) in [6.07, 6.45) is 5.61. The first-order valence-electron chi connectivity index (χ1n) is 11.1. The molecule has 1 unspecified atom stereocenters. The highest BCUT2D eigenvalue weighted by molar-refractivity contribution is 6.31. The third kappa shape index (κ3) is 6.76. The number of aliphatic carboxylic acids is 1. The van der Waals surface area contributed by atoms with Gasteiger partial charge in [0.2, 0.25) is 0 Å². The molecule has 1 atom stereocenters. The minimum Gasteiger partial charge on any atom is -0.481 e. The SMILES string of the molecule is CCCCCCC(Nc1ccc(C(=O)NCCC(=O)O)cc1)c1cc2cc(Cl)ccc2[nH]1. The van der Waals surface area contributed by atoms with E-state index >= 15 is 0 Å². The van der Waals surface area contributed by atoms with Crippen molar-refractivity contribution in [3.8, 4) is 0 Å². The van der Waals surface area contributed by atoms with E-state index in [4.69, 9.17) is 16.7 Å². The molecule has 7 heteroatoms. The van der Waals surface area contributed by atoms with E-state index in [1.807, 2.05) is 30.3 Å². The van der Waals surface area contributed by atoms with Crippen molar-refractivity contribution in [3.05, 3.63) is 64.8 Å². The summed E-state index contributed by atoms with van der Waals surface area (Å²) in [4.78, 5) is 26.3. The Kier molecular flexibility index (Phi) is 8.56. The number of anilines is 1. The van der Waals surface area contributed by atoms with Crippen molar-refractivity contribution < 1.29 is 14.7 Å². The Morgan fingerprint density at radius 3 is 2.56 bits per heavy atom. The molecule has 1 amide bonds. The molecule has 1 heterocycles. The number of amides is 1. The molecule has 0 aliphatic carbocycles. The van der Waals surface area contributed by atoms with Gasteiger partial charge in [-0.2, -0.15) is 0 Å². The van der Waals surface area contributed by atoms with Crippen molar-refractivity contribution in [2.75, 3.05) is 11.9 Å². The van der Waals surface area contributed by atoms with Gasteiger partial charge < -0.3 is 20.7 Å². The number of hydrogen-bond donors (Lipinski definition) is 4. The van der Waals surface area contributed by atoms with Crippen LogP contribution in [0.4, 0.5) is 5.69 Å². The molecule has 0 saturated heterocycles. The number of halogens is 1. The van der Waals surface area contributed by atoms with E-state index in [9.17, 15) is 9.59 Å². The van der Waals surface area contributed by atoms with Crippen molar-refractivity contribution in [3.63, 3.8) is 0 Å². The van der Waals surface area contributed by atoms with Crippen LogP contribution in [0.1, 0.15) is 67.5 Å². The zero-order valence-corrected chi connectivity index (χ0v) is 19.0. The van der Waals surface area contributed by atoms with Crippen LogP contribution in [0, 0.1) is 0 Å². The lowest BCUT2D eigenvalue weighted by Gasteiger charge is -2.19. The second-order valence-electron chi connectivity index (χ2n) is 7.98. The largest absolute Gasteiger partial charge is 0.481 e. The number of carbonyl (C=O) groups is 2. The Morgan fingerprint density at radius 1 is 1.06 bits per heavy atom. The molecule has 0 spiro atoms. The molecule has 0 saturated carbocycles. The first kappa shape index (κ1) is 23.7. The Balaban J connectivity index is 1.70. The fourth-order valence-electron chi connectivity index (χ4n) is 3.70. The number of H-pyrrole nitrogens is 1. The second kappa shape index (κ2) is 11.6. The smallest absolute Gasteiger partial charge is 0.305 e. The average Bonchev–Trinajstić information content (AvgIpc) is 3.19. The maximum atomic E-state index is 12.2. The summed E-state index contributed by atoms with van der Waals surface area (Å²) in [6.45, 7) is 2.31. The average molecular weight is 456 g/mol. The number of unbranched alkanes of at least 4 members (excludes halogenated alkanes) is 3. The van der Waals surface area contributed by atoms with Gasteiger partial charge in [0.15, 0.2) is 0 Å². The van der Waals surface area contributed by atoms with Crippen LogP contribution in [0.2, 0.25) is 5.02 Å².